The molecule has 2 aromatic rings. The molecule has 1 amide bonds. The summed E-state index contributed by atoms with van der Waals surface area (Å²) in [5.74, 6) is -2.04. The van der Waals surface area contributed by atoms with Crippen LogP contribution in [0.25, 0.3) is 0 Å². The molecule has 24 heavy (non-hydrogen) atoms. The monoisotopic (exact) mass is 336 g/mol. The standard InChI is InChI=1S/C16H14F2N2O4/c1-19(9-11-4-2-3-5-13(11)18)16(21)10-24-15-8-12(17)6-7-14(15)20(22)23/h2-8H,9-10H2,1H3. The van der Waals surface area contributed by atoms with Gasteiger partial charge in [0.05, 0.1) is 4.92 Å². The third-order valence-corrected chi connectivity index (χ3v) is 3.26. The fourth-order valence-corrected chi connectivity index (χ4v) is 1.97. The molecular weight excluding hydrogens is 322 g/mol. The average molecular weight is 336 g/mol. The lowest BCUT2D eigenvalue weighted by Gasteiger charge is -2.18. The van der Waals surface area contributed by atoms with E-state index < -0.39 is 34.8 Å². The fourth-order valence-electron chi connectivity index (χ4n) is 1.97. The highest BCUT2D eigenvalue weighted by Gasteiger charge is 2.18. The molecule has 0 aliphatic heterocycles. The summed E-state index contributed by atoms with van der Waals surface area (Å²) in [6.07, 6.45) is 0. The predicted molar refractivity (Wildman–Crippen MR) is 81.4 cm³/mol. The zero-order valence-corrected chi connectivity index (χ0v) is 12.7. The SMILES string of the molecule is CN(Cc1ccccc1F)C(=O)COc1cc(F)ccc1[N+](=O)[O-]. The summed E-state index contributed by atoms with van der Waals surface area (Å²) in [5, 5.41) is 10.9. The molecule has 6 nitrogen and oxygen atoms in total. The second-order valence-electron chi connectivity index (χ2n) is 5.00. The molecule has 0 radical (unpaired) electrons. The largest absolute Gasteiger partial charge is 0.477 e. The summed E-state index contributed by atoms with van der Waals surface area (Å²) >= 11 is 0. The summed E-state index contributed by atoms with van der Waals surface area (Å²) < 4.78 is 31.8. The molecule has 0 spiro atoms. The van der Waals surface area contributed by atoms with E-state index in [0.29, 0.717) is 5.56 Å². The first kappa shape index (κ1) is 17.3. The van der Waals surface area contributed by atoms with Crippen molar-refractivity contribution in [1.29, 1.82) is 0 Å². The van der Waals surface area contributed by atoms with Gasteiger partial charge in [-0.15, -0.1) is 0 Å². The smallest absolute Gasteiger partial charge is 0.311 e. The summed E-state index contributed by atoms with van der Waals surface area (Å²) in [7, 11) is 1.44. The molecular formula is C16H14F2N2O4. The van der Waals surface area contributed by atoms with Gasteiger partial charge in [0, 0.05) is 31.3 Å². The number of halogens is 2. The second kappa shape index (κ2) is 7.49. The summed E-state index contributed by atoms with van der Waals surface area (Å²) in [6.45, 7) is -0.518. The van der Waals surface area contributed by atoms with E-state index in [1.165, 1.54) is 30.1 Å². The van der Waals surface area contributed by atoms with Crippen molar-refractivity contribution in [3.63, 3.8) is 0 Å². The van der Waals surface area contributed by atoms with Crippen LogP contribution in [0.3, 0.4) is 0 Å². The minimum absolute atomic E-state index is 0.0140. The van der Waals surface area contributed by atoms with Crippen LogP contribution in [-0.4, -0.2) is 29.4 Å². The average Bonchev–Trinajstić information content (AvgIpc) is 2.54. The number of ether oxygens (including phenoxy) is 1. The number of carbonyl (C=O) groups is 1. The Balaban J connectivity index is 2.02. The zero-order valence-electron chi connectivity index (χ0n) is 12.7. The van der Waals surface area contributed by atoms with Crippen molar-refractivity contribution < 1.29 is 23.2 Å². The summed E-state index contributed by atoms with van der Waals surface area (Å²) in [4.78, 5) is 23.3. The van der Waals surface area contributed by atoms with Crippen molar-refractivity contribution in [3.8, 4) is 5.75 Å². The number of amides is 1. The molecule has 0 bridgehead atoms. The van der Waals surface area contributed by atoms with E-state index in [2.05, 4.69) is 0 Å². The number of nitrogens with zero attached hydrogens (tertiary/aromatic N) is 2. The van der Waals surface area contributed by atoms with Crippen molar-refractivity contribution in [2.45, 2.75) is 6.54 Å². The van der Waals surface area contributed by atoms with Crippen molar-refractivity contribution in [1.82, 2.24) is 4.90 Å². The first-order chi connectivity index (χ1) is 11.4. The third kappa shape index (κ3) is 4.25. The first-order valence-electron chi connectivity index (χ1n) is 6.92. The van der Waals surface area contributed by atoms with Gasteiger partial charge in [0.1, 0.15) is 11.6 Å². The van der Waals surface area contributed by atoms with Gasteiger partial charge >= 0.3 is 5.69 Å². The molecule has 0 aliphatic rings. The fraction of sp³-hybridized carbons (Fsp3) is 0.188. The van der Waals surface area contributed by atoms with E-state index in [1.807, 2.05) is 0 Å². The van der Waals surface area contributed by atoms with Gasteiger partial charge in [0.15, 0.2) is 6.61 Å². The van der Waals surface area contributed by atoms with Gasteiger partial charge < -0.3 is 9.64 Å². The number of carbonyl (C=O) groups excluding carboxylic acids is 1. The molecule has 0 heterocycles. The molecule has 0 aliphatic carbocycles. The lowest BCUT2D eigenvalue weighted by atomic mass is 10.2. The number of nitro groups is 1. The van der Waals surface area contributed by atoms with E-state index in [-0.39, 0.29) is 12.3 Å². The van der Waals surface area contributed by atoms with Crippen LogP contribution in [0.1, 0.15) is 5.56 Å². The van der Waals surface area contributed by atoms with Crippen LogP contribution in [0.15, 0.2) is 42.5 Å². The Hall–Kier alpha value is -3.03. The zero-order chi connectivity index (χ0) is 17.7. The first-order valence-corrected chi connectivity index (χ1v) is 6.92. The summed E-state index contributed by atoms with van der Waals surface area (Å²) in [6, 6.07) is 8.71. The minimum Gasteiger partial charge on any atom is -0.477 e. The molecule has 0 aromatic heterocycles. The van der Waals surface area contributed by atoms with E-state index in [0.717, 1.165) is 18.2 Å². The number of likely N-dealkylation sites (N-methyl/N-ethyl adjacent to an activating group) is 1. The van der Waals surface area contributed by atoms with Crippen LogP contribution < -0.4 is 4.74 Å². The van der Waals surface area contributed by atoms with Gasteiger partial charge in [0.25, 0.3) is 5.91 Å². The predicted octanol–water partition coefficient (Wildman–Crippen LogP) is 2.91. The highest BCUT2D eigenvalue weighted by Crippen LogP contribution is 2.27. The van der Waals surface area contributed by atoms with Crippen molar-refractivity contribution in [2.75, 3.05) is 13.7 Å². The van der Waals surface area contributed by atoms with E-state index in [9.17, 15) is 23.7 Å². The maximum absolute atomic E-state index is 13.6. The Bertz CT molecular complexity index is 767. The van der Waals surface area contributed by atoms with Gasteiger partial charge in [-0.1, -0.05) is 18.2 Å². The molecule has 0 fully saturated rings. The molecule has 8 heteroatoms. The van der Waals surface area contributed by atoms with Crippen molar-refractivity contribution in [3.05, 3.63) is 69.8 Å². The maximum Gasteiger partial charge on any atom is 0.311 e. The number of hydrogen-bond acceptors (Lipinski definition) is 4. The topological polar surface area (TPSA) is 72.7 Å². The van der Waals surface area contributed by atoms with Gasteiger partial charge in [-0.2, -0.15) is 0 Å². The van der Waals surface area contributed by atoms with Gasteiger partial charge in [-0.05, 0) is 12.1 Å². The molecule has 2 aromatic carbocycles. The Labute approximate surface area is 136 Å². The van der Waals surface area contributed by atoms with Crippen molar-refractivity contribution >= 4 is 11.6 Å². The highest BCUT2D eigenvalue weighted by atomic mass is 19.1. The number of nitro benzene ring substituents is 1. The molecule has 0 unspecified atom stereocenters. The molecule has 0 atom stereocenters. The lowest BCUT2D eigenvalue weighted by molar-refractivity contribution is -0.385. The Morgan fingerprint density at radius 2 is 1.96 bits per heavy atom. The molecule has 0 N–H and O–H groups in total. The third-order valence-electron chi connectivity index (χ3n) is 3.26. The van der Waals surface area contributed by atoms with Crippen molar-refractivity contribution in [2.24, 2.45) is 0 Å². The quantitative estimate of drug-likeness (QED) is 0.600. The van der Waals surface area contributed by atoms with Crippen LogP contribution in [0.5, 0.6) is 5.75 Å². The van der Waals surface area contributed by atoms with Gasteiger partial charge in [0.2, 0.25) is 5.75 Å². The van der Waals surface area contributed by atoms with Crippen LogP contribution in [0.4, 0.5) is 14.5 Å². The highest BCUT2D eigenvalue weighted by molar-refractivity contribution is 5.77. The number of rotatable bonds is 6. The van der Waals surface area contributed by atoms with Gasteiger partial charge in [-0.25, -0.2) is 8.78 Å². The van der Waals surface area contributed by atoms with Gasteiger partial charge in [-0.3, -0.25) is 14.9 Å². The summed E-state index contributed by atoms with van der Waals surface area (Å²) in [5.41, 5.74) is -0.119. The van der Waals surface area contributed by atoms with Crippen LogP contribution in [0.2, 0.25) is 0 Å². The van der Waals surface area contributed by atoms with Crippen LogP contribution >= 0.6 is 0 Å². The van der Waals surface area contributed by atoms with E-state index in [1.54, 1.807) is 6.07 Å². The Morgan fingerprint density at radius 1 is 1.25 bits per heavy atom. The molecule has 0 saturated carbocycles. The van der Waals surface area contributed by atoms with Crippen LogP contribution in [-0.2, 0) is 11.3 Å². The molecule has 2 rings (SSSR count). The second-order valence-corrected chi connectivity index (χ2v) is 5.00. The Kier molecular flexibility index (Phi) is 5.41. The normalized spacial score (nSPS) is 10.3. The number of hydrogen-bond donors (Lipinski definition) is 0. The lowest BCUT2D eigenvalue weighted by Crippen LogP contribution is -2.31. The van der Waals surface area contributed by atoms with Crippen LogP contribution in [0, 0.1) is 21.7 Å². The molecule has 0 saturated heterocycles. The van der Waals surface area contributed by atoms with E-state index in [4.69, 9.17) is 4.74 Å². The molecule has 126 valence electrons. The van der Waals surface area contributed by atoms with E-state index >= 15 is 0 Å². The maximum atomic E-state index is 13.6. The minimum atomic E-state index is -0.734. The Morgan fingerprint density at radius 3 is 2.62 bits per heavy atom. The number of benzene rings is 2.